The number of rotatable bonds is 4. The summed E-state index contributed by atoms with van der Waals surface area (Å²) in [5.41, 5.74) is 0. The SMILES string of the molecule is FCOc1ccc(OC2CCNCC2)cc1Cl. The molecule has 3 nitrogen and oxygen atoms in total. The van der Waals surface area contributed by atoms with Crippen LogP contribution in [0.3, 0.4) is 0 Å². The molecule has 17 heavy (non-hydrogen) atoms. The molecule has 0 bridgehead atoms. The smallest absolute Gasteiger partial charge is 0.228 e. The average molecular weight is 260 g/mol. The molecular formula is C12H15ClFNO2. The highest BCUT2D eigenvalue weighted by Crippen LogP contribution is 2.29. The maximum absolute atomic E-state index is 12.0. The fourth-order valence-corrected chi connectivity index (χ4v) is 2.06. The molecule has 0 amide bonds. The first-order chi connectivity index (χ1) is 8.29. The number of halogens is 2. The molecule has 2 rings (SSSR count). The molecule has 0 aliphatic carbocycles. The zero-order valence-corrected chi connectivity index (χ0v) is 10.2. The van der Waals surface area contributed by atoms with Gasteiger partial charge in [0.25, 0.3) is 0 Å². The predicted molar refractivity (Wildman–Crippen MR) is 64.6 cm³/mol. The average Bonchev–Trinajstić information content (AvgIpc) is 2.34. The zero-order valence-electron chi connectivity index (χ0n) is 9.42. The molecule has 5 heteroatoms. The van der Waals surface area contributed by atoms with Crippen molar-refractivity contribution in [2.75, 3.05) is 20.0 Å². The van der Waals surface area contributed by atoms with Gasteiger partial charge >= 0.3 is 0 Å². The first-order valence-electron chi connectivity index (χ1n) is 5.65. The van der Waals surface area contributed by atoms with Crippen LogP contribution in [0.4, 0.5) is 4.39 Å². The molecule has 0 spiro atoms. The maximum atomic E-state index is 12.0. The molecule has 1 heterocycles. The summed E-state index contributed by atoms with van der Waals surface area (Å²) >= 11 is 5.94. The Balaban J connectivity index is 1.98. The van der Waals surface area contributed by atoms with E-state index in [4.69, 9.17) is 21.1 Å². The van der Waals surface area contributed by atoms with E-state index < -0.39 is 6.86 Å². The lowest BCUT2D eigenvalue weighted by Crippen LogP contribution is -2.34. The minimum absolute atomic E-state index is 0.222. The Morgan fingerprint density at radius 3 is 2.76 bits per heavy atom. The van der Waals surface area contributed by atoms with Crippen LogP contribution in [0, 0.1) is 0 Å². The molecule has 1 aromatic carbocycles. The van der Waals surface area contributed by atoms with Gasteiger partial charge in [-0.1, -0.05) is 11.6 Å². The predicted octanol–water partition coefficient (Wildman–Crippen LogP) is 2.78. The second-order valence-electron chi connectivity index (χ2n) is 3.91. The topological polar surface area (TPSA) is 30.5 Å². The minimum atomic E-state index is -0.881. The van der Waals surface area contributed by atoms with Crippen LogP contribution in [-0.4, -0.2) is 26.1 Å². The van der Waals surface area contributed by atoms with Crippen LogP contribution in [0.2, 0.25) is 5.02 Å². The van der Waals surface area contributed by atoms with Gasteiger partial charge in [0, 0.05) is 6.07 Å². The second-order valence-corrected chi connectivity index (χ2v) is 4.32. The van der Waals surface area contributed by atoms with Crippen LogP contribution >= 0.6 is 11.6 Å². The third-order valence-corrected chi connectivity index (χ3v) is 3.00. The molecular weight excluding hydrogens is 245 g/mol. The number of nitrogens with one attached hydrogen (secondary N) is 1. The Morgan fingerprint density at radius 2 is 2.12 bits per heavy atom. The summed E-state index contributed by atoms with van der Waals surface area (Å²) in [6, 6.07) is 5.03. The lowest BCUT2D eigenvalue weighted by atomic mass is 10.1. The van der Waals surface area contributed by atoms with Gasteiger partial charge in [0.2, 0.25) is 6.86 Å². The van der Waals surface area contributed by atoms with E-state index in [-0.39, 0.29) is 6.10 Å². The Hall–Kier alpha value is -1.00. The molecule has 0 saturated carbocycles. The molecule has 0 unspecified atom stereocenters. The largest absolute Gasteiger partial charge is 0.490 e. The Kier molecular flexibility index (Phi) is 4.45. The monoisotopic (exact) mass is 259 g/mol. The van der Waals surface area contributed by atoms with E-state index in [0.29, 0.717) is 16.5 Å². The number of hydrogen-bond acceptors (Lipinski definition) is 3. The molecule has 1 aliphatic heterocycles. The van der Waals surface area contributed by atoms with Gasteiger partial charge in [-0.15, -0.1) is 0 Å². The van der Waals surface area contributed by atoms with Crippen LogP contribution in [-0.2, 0) is 0 Å². The Labute approximate surface area is 105 Å². The van der Waals surface area contributed by atoms with E-state index >= 15 is 0 Å². The van der Waals surface area contributed by atoms with Crippen molar-refractivity contribution in [2.45, 2.75) is 18.9 Å². The van der Waals surface area contributed by atoms with Gasteiger partial charge in [-0.25, -0.2) is 4.39 Å². The highest BCUT2D eigenvalue weighted by molar-refractivity contribution is 6.32. The van der Waals surface area contributed by atoms with Gasteiger partial charge in [-0.3, -0.25) is 0 Å². The second kappa shape index (κ2) is 6.07. The first-order valence-corrected chi connectivity index (χ1v) is 6.03. The lowest BCUT2D eigenvalue weighted by molar-refractivity contribution is 0.161. The molecule has 1 fully saturated rings. The quantitative estimate of drug-likeness (QED) is 0.902. The van der Waals surface area contributed by atoms with Crippen LogP contribution in [0.1, 0.15) is 12.8 Å². The molecule has 1 saturated heterocycles. The standard InChI is InChI=1S/C12H15ClFNO2/c13-11-7-10(1-2-12(11)16-8-14)17-9-3-5-15-6-4-9/h1-2,7,9,15H,3-6,8H2. The summed E-state index contributed by atoms with van der Waals surface area (Å²) in [7, 11) is 0. The van der Waals surface area contributed by atoms with Crippen LogP contribution in [0.25, 0.3) is 0 Å². The highest BCUT2D eigenvalue weighted by atomic mass is 35.5. The zero-order chi connectivity index (χ0) is 12.1. The third-order valence-electron chi connectivity index (χ3n) is 2.70. The van der Waals surface area contributed by atoms with Crippen LogP contribution in [0.5, 0.6) is 11.5 Å². The summed E-state index contributed by atoms with van der Waals surface area (Å²) < 4.78 is 22.5. The fraction of sp³-hybridized carbons (Fsp3) is 0.500. The molecule has 1 aromatic rings. The van der Waals surface area contributed by atoms with Gasteiger partial charge in [0.1, 0.15) is 17.6 Å². The van der Waals surface area contributed by atoms with Crippen LogP contribution < -0.4 is 14.8 Å². The van der Waals surface area contributed by atoms with Gasteiger partial charge in [-0.2, -0.15) is 0 Å². The lowest BCUT2D eigenvalue weighted by Gasteiger charge is -2.24. The van der Waals surface area contributed by atoms with Gasteiger partial charge in [0.15, 0.2) is 0 Å². The number of alkyl halides is 1. The van der Waals surface area contributed by atoms with Crippen molar-refractivity contribution in [1.82, 2.24) is 5.32 Å². The van der Waals surface area contributed by atoms with E-state index in [1.807, 2.05) is 0 Å². The van der Waals surface area contributed by atoms with Gasteiger partial charge < -0.3 is 14.8 Å². The van der Waals surface area contributed by atoms with Gasteiger partial charge in [-0.05, 0) is 38.1 Å². The van der Waals surface area contributed by atoms with E-state index in [2.05, 4.69) is 5.32 Å². The van der Waals surface area contributed by atoms with E-state index in [1.54, 1.807) is 18.2 Å². The minimum Gasteiger partial charge on any atom is -0.490 e. The first kappa shape index (κ1) is 12.5. The van der Waals surface area contributed by atoms with Gasteiger partial charge in [0.05, 0.1) is 5.02 Å². The van der Waals surface area contributed by atoms with Crippen molar-refractivity contribution in [3.8, 4) is 11.5 Å². The summed E-state index contributed by atoms with van der Waals surface area (Å²) in [6.45, 7) is 1.07. The molecule has 94 valence electrons. The highest BCUT2D eigenvalue weighted by Gasteiger charge is 2.15. The summed E-state index contributed by atoms with van der Waals surface area (Å²) in [6.07, 6.45) is 2.20. The van der Waals surface area contributed by atoms with E-state index in [9.17, 15) is 4.39 Å². The summed E-state index contributed by atoms with van der Waals surface area (Å²) in [4.78, 5) is 0. The van der Waals surface area contributed by atoms with Crippen LogP contribution in [0.15, 0.2) is 18.2 Å². The van der Waals surface area contributed by atoms with E-state index in [1.165, 1.54) is 0 Å². The number of piperidine rings is 1. The molecule has 1 aliphatic rings. The molecule has 0 aromatic heterocycles. The normalized spacial score (nSPS) is 16.8. The van der Waals surface area contributed by atoms with Crippen molar-refractivity contribution >= 4 is 11.6 Å². The summed E-state index contributed by atoms with van der Waals surface area (Å²) in [5.74, 6) is 1.04. The van der Waals surface area contributed by atoms with Crippen molar-refractivity contribution in [1.29, 1.82) is 0 Å². The molecule has 0 radical (unpaired) electrons. The third kappa shape index (κ3) is 3.48. The van der Waals surface area contributed by atoms with Crippen molar-refractivity contribution in [3.05, 3.63) is 23.2 Å². The fourth-order valence-electron chi connectivity index (χ4n) is 1.84. The molecule has 0 atom stereocenters. The Morgan fingerprint density at radius 1 is 1.35 bits per heavy atom. The maximum Gasteiger partial charge on any atom is 0.228 e. The summed E-state index contributed by atoms with van der Waals surface area (Å²) in [5, 5.41) is 3.64. The van der Waals surface area contributed by atoms with Crippen molar-refractivity contribution < 1.29 is 13.9 Å². The number of ether oxygens (including phenoxy) is 2. The number of benzene rings is 1. The number of hydrogen-bond donors (Lipinski definition) is 1. The Bertz CT molecular complexity index is 370. The van der Waals surface area contributed by atoms with Crippen molar-refractivity contribution in [3.63, 3.8) is 0 Å². The van der Waals surface area contributed by atoms with Crippen molar-refractivity contribution in [2.24, 2.45) is 0 Å². The molecule has 1 N–H and O–H groups in total. The van der Waals surface area contributed by atoms with E-state index in [0.717, 1.165) is 25.9 Å².